The summed E-state index contributed by atoms with van der Waals surface area (Å²) in [5, 5.41) is 10.1. The van der Waals surface area contributed by atoms with Gasteiger partial charge < -0.3 is 15.2 Å². The minimum absolute atomic E-state index is 0.0586. The Balaban J connectivity index is 1.29. The van der Waals surface area contributed by atoms with Gasteiger partial charge in [0.1, 0.15) is 6.54 Å². The summed E-state index contributed by atoms with van der Waals surface area (Å²) in [5.41, 5.74) is 1.60. The molecule has 0 saturated heterocycles. The number of aromatic nitrogens is 4. The van der Waals surface area contributed by atoms with Crippen LogP contribution in [0.15, 0.2) is 96.7 Å². The molecule has 4 aromatic rings. The molecule has 8 nitrogen and oxygen atoms in total. The summed E-state index contributed by atoms with van der Waals surface area (Å²) in [6.45, 7) is 0.793. The molecule has 0 radical (unpaired) electrons. The van der Waals surface area contributed by atoms with Crippen molar-refractivity contribution in [1.82, 2.24) is 24.6 Å². The molecule has 2 heterocycles. The van der Waals surface area contributed by atoms with E-state index in [4.69, 9.17) is 0 Å². The number of anilines is 1. The SMILES string of the molecule is O=C(CSc1ccccc1)Nc1cnn(CC(=O)NC(CCn2ccnc2)c2ccccc2)c1. The smallest absolute Gasteiger partial charge is 0.242 e. The highest BCUT2D eigenvalue weighted by Gasteiger charge is 2.16. The fourth-order valence-corrected chi connectivity index (χ4v) is 4.19. The summed E-state index contributed by atoms with van der Waals surface area (Å²) in [6, 6.07) is 19.5. The number of rotatable bonds is 11. The van der Waals surface area contributed by atoms with E-state index in [1.165, 1.54) is 16.4 Å². The standard InChI is InChI=1S/C25H26N6O2S/c32-24(29-23(20-7-3-1-4-8-20)11-13-30-14-12-26-19-30)17-31-16-21(15-27-31)28-25(33)18-34-22-9-5-2-6-10-22/h1-10,12,14-16,19,23H,11,13,17-18H2,(H,28,33)(H,29,32). The second-order valence-electron chi connectivity index (χ2n) is 7.70. The van der Waals surface area contributed by atoms with E-state index >= 15 is 0 Å². The molecule has 0 aliphatic carbocycles. The van der Waals surface area contributed by atoms with Crippen LogP contribution in [0.1, 0.15) is 18.0 Å². The third-order valence-electron chi connectivity index (χ3n) is 5.11. The third-order valence-corrected chi connectivity index (χ3v) is 6.12. The van der Waals surface area contributed by atoms with E-state index in [0.29, 0.717) is 11.4 Å². The van der Waals surface area contributed by atoms with Gasteiger partial charge in [-0.05, 0) is 24.1 Å². The molecule has 0 spiro atoms. The summed E-state index contributed by atoms with van der Waals surface area (Å²) >= 11 is 1.46. The van der Waals surface area contributed by atoms with E-state index in [0.717, 1.165) is 23.4 Å². The lowest BCUT2D eigenvalue weighted by Gasteiger charge is -2.19. The lowest BCUT2D eigenvalue weighted by atomic mass is 10.0. The average molecular weight is 475 g/mol. The molecule has 0 aliphatic heterocycles. The van der Waals surface area contributed by atoms with Crippen molar-refractivity contribution in [3.63, 3.8) is 0 Å². The first-order valence-electron chi connectivity index (χ1n) is 11.0. The Hall–Kier alpha value is -3.85. The zero-order chi connectivity index (χ0) is 23.6. The summed E-state index contributed by atoms with van der Waals surface area (Å²) < 4.78 is 3.51. The average Bonchev–Trinajstić information content (AvgIpc) is 3.54. The lowest BCUT2D eigenvalue weighted by molar-refractivity contribution is -0.122. The van der Waals surface area contributed by atoms with Crippen LogP contribution in [-0.4, -0.2) is 36.9 Å². The molecule has 2 N–H and O–H groups in total. The van der Waals surface area contributed by atoms with Crippen LogP contribution in [0, 0.1) is 0 Å². The number of benzene rings is 2. The van der Waals surface area contributed by atoms with Crippen molar-refractivity contribution < 1.29 is 9.59 Å². The second-order valence-corrected chi connectivity index (χ2v) is 8.75. The van der Waals surface area contributed by atoms with Crippen molar-refractivity contribution in [2.75, 3.05) is 11.1 Å². The number of imidazole rings is 1. The minimum atomic E-state index is -0.153. The first-order chi connectivity index (χ1) is 16.7. The van der Waals surface area contributed by atoms with Gasteiger partial charge >= 0.3 is 0 Å². The molecule has 34 heavy (non-hydrogen) atoms. The number of carbonyl (C=O) groups excluding carboxylic acids is 2. The van der Waals surface area contributed by atoms with Crippen LogP contribution in [0.3, 0.4) is 0 Å². The molecule has 4 rings (SSSR count). The summed E-state index contributed by atoms with van der Waals surface area (Å²) in [4.78, 5) is 30.1. The normalized spacial score (nSPS) is 11.6. The van der Waals surface area contributed by atoms with E-state index in [1.54, 1.807) is 24.9 Å². The van der Waals surface area contributed by atoms with Crippen LogP contribution in [0.5, 0.6) is 0 Å². The maximum Gasteiger partial charge on any atom is 0.242 e. The maximum atomic E-state index is 12.8. The predicted octanol–water partition coefficient (Wildman–Crippen LogP) is 3.76. The molecule has 0 bridgehead atoms. The topological polar surface area (TPSA) is 93.8 Å². The van der Waals surface area contributed by atoms with Gasteiger partial charge in [0.15, 0.2) is 0 Å². The van der Waals surface area contributed by atoms with Crippen LogP contribution in [0.4, 0.5) is 5.69 Å². The molecule has 0 aliphatic rings. The summed E-state index contributed by atoms with van der Waals surface area (Å²) in [6.07, 6.45) is 9.35. The van der Waals surface area contributed by atoms with Crippen molar-refractivity contribution in [2.45, 2.75) is 30.4 Å². The van der Waals surface area contributed by atoms with Crippen molar-refractivity contribution in [1.29, 1.82) is 0 Å². The summed E-state index contributed by atoms with van der Waals surface area (Å²) in [5.74, 6) is 0.0207. The first kappa shape index (κ1) is 23.3. The Morgan fingerprint density at radius 3 is 2.50 bits per heavy atom. The van der Waals surface area contributed by atoms with Gasteiger partial charge in [-0.2, -0.15) is 5.10 Å². The number of nitrogens with zero attached hydrogens (tertiary/aromatic N) is 4. The van der Waals surface area contributed by atoms with Crippen molar-refractivity contribution >= 4 is 29.3 Å². The first-order valence-corrected chi connectivity index (χ1v) is 11.9. The monoisotopic (exact) mass is 474 g/mol. The van der Waals surface area contributed by atoms with Crippen LogP contribution >= 0.6 is 11.8 Å². The molecule has 174 valence electrons. The Labute approximate surface area is 202 Å². The van der Waals surface area contributed by atoms with Gasteiger partial charge in [0.2, 0.25) is 11.8 Å². The molecule has 1 atom stereocenters. The van der Waals surface area contributed by atoms with Gasteiger partial charge in [-0.1, -0.05) is 48.5 Å². The number of amides is 2. The Kier molecular flexibility index (Phi) is 8.13. The van der Waals surface area contributed by atoms with Crippen LogP contribution in [0.2, 0.25) is 0 Å². The second kappa shape index (κ2) is 11.9. The van der Waals surface area contributed by atoms with Crippen molar-refractivity contribution in [2.24, 2.45) is 0 Å². The van der Waals surface area contributed by atoms with E-state index in [1.807, 2.05) is 71.4 Å². The molecular weight excluding hydrogens is 448 g/mol. The van der Waals surface area contributed by atoms with Gasteiger partial charge in [0, 0.05) is 30.0 Å². The molecule has 2 aromatic carbocycles. The summed E-state index contributed by atoms with van der Waals surface area (Å²) in [7, 11) is 0. The quantitative estimate of drug-likeness (QED) is 0.323. The highest BCUT2D eigenvalue weighted by molar-refractivity contribution is 8.00. The molecule has 2 amide bonds. The Morgan fingerprint density at radius 2 is 1.76 bits per heavy atom. The van der Waals surface area contributed by atoms with Crippen molar-refractivity contribution in [3.8, 4) is 0 Å². The molecule has 0 saturated carbocycles. The van der Waals surface area contributed by atoms with Gasteiger partial charge in [-0.3, -0.25) is 14.3 Å². The number of carbonyl (C=O) groups is 2. The Morgan fingerprint density at radius 1 is 1.00 bits per heavy atom. The highest BCUT2D eigenvalue weighted by Crippen LogP contribution is 2.19. The number of thioether (sulfide) groups is 1. The molecule has 2 aromatic heterocycles. The molecular formula is C25H26N6O2S. The molecule has 1 unspecified atom stereocenters. The fourth-order valence-electron chi connectivity index (χ4n) is 3.47. The lowest BCUT2D eigenvalue weighted by Crippen LogP contribution is -2.32. The number of nitrogens with one attached hydrogen (secondary N) is 2. The van der Waals surface area contributed by atoms with Gasteiger partial charge in [0.25, 0.3) is 0 Å². The van der Waals surface area contributed by atoms with Crippen LogP contribution in [0.25, 0.3) is 0 Å². The predicted molar refractivity (Wildman–Crippen MR) is 132 cm³/mol. The van der Waals surface area contributed by atoms with Gasteiger partial charge in [-0.25, -0.2) is 4.98 Å². The fraction of sp³-hybridized carbons (Fsp3) is 0.200. The van der Waals surface area contributed by atoms with Gasteiger partial charge in [-0.15, -0.1) is 11.8 Å². The van der Waals surface area contributed by atoms with E-state index in [2.05, 4.69) is 20.7 Å². The third kappa shape index (κ3) is 7.08. The van der Waals surface area contributed by atoms with Crippen molar-refractivity contribution in [3.05, 3.63) is 97.3 Å². The van der Waals surface area contributed by atoms with Crippen LogP contribution in [-0.2, 0) is 22.7 Å². The van der Waals surface area contributed by atoms with Gasteiger partial charge in [0.05, 0.1) is 30.0 Å². The molecule has 0 fully saturated rings. The van der Waals surface area contributed by atoms with Crippen LogP contribution < -0.4 is 10.6 Å². The van der Waals surface area contributed by atoms with E-state index < -0.39 is 0 Å². The largest absolute Gasteiger partial charge is 0.348 e. The highest BCUT2D eigenvalue weighted by atomic mass is 32.2. The Bertz CT molecular complexity index is 1180. The zero-order valence-corrected chi connectivity index (χ0v) is 19.4. The van der Waals surface area contributed by atoms with E-state index in [-0.39, 0.29) is 24.4 Å². The number of aryl methyl sites for hydroxylation is 1. The maximum absolute atomic E-state index is 12.8. The number of hydrogen-bond acceptors (Lipinski definition) is 5. The zero-order valence-electron chi connectivity index (χ0n) is 18.6. The molecule has 9 heteroatoms. The number of hydrogen-bond donors (Lipinski definition) is 2. The minimum Gasteiger partial charge on any atom is -0.348 e. The van der Waals surface area contributed by atoms with E-state index in [9.17, 15) is 9.59 Å².